The summed E-state index contributed by atoms with van der Waals surface area (Å²) in [7, 11) is -1.28. The number of rotatable bonds is 5. The maximum absolute atomic E-state index is 12.3. The van der Waals surface area contributed by atoms with Gasteiger partial charge in [-0.1, -0.05) is 35.3 Å². The molecule has 110 valence electrons. The summed E-state index contributed by atoms with van der Waals surface area (Å²) in [6.45, 7) is 1.68. The van der Waals surface area contributed by atoms with E-state index in [0.717, 1.165) is 5.56 Å². The molecule has 0 saturated carbocycles. The molecule has 0 amide bonds. The first-order chi connectivity index (χ1) is 9.97. The Hall–Kier alpha value is -1.16. The van der Waals surface area contributed by atoms with Crippen molar-refractivity contribution >= 4 is 39.8 Å². The van der Waals surface area contributed by atoms with Crippen LogP contribution >= 0.6 is 23.2 Å². The van der Waals surface area contributed by atoms with E-state index in [1.165, 1.54) is 0 Å². The van der Waals surface area contributed by atoms with Crippen LogP contribution in [-0.4, -0.2) is 15.2 Å². The van der Waals surface area contributed by atoms with E-state index in [-0.39, 0.29) is 5.78 Å². The molecule has 0 radical (unpaired) electrons. The second-order valence-electron chi connectivity index (χ2n) is 4.66. The van der Waals surface area contributed by atoms with E-state index in [1.807, 2.05) is 12.1 Å². The molecule has 2 unspecified atom stereocenters. The molecule has 0 heterocycles. The molecule has 2 aromatic carbocycles. The average molecular weight is 341 g/mol. The van der Waals surface area contributed by atoms with Crippen LogP contribution in [0.4, 0.5) is 0 Å². The topological polar surface area (TPSA) is 34.1 Å². The van der Waals surface area contributed by atoms with Crippen LogP contribution in [0.5, 0.6) is 0 Å². The predicted molar refractivity (Wildman–Crippen MR) is 88.5 cm³/mol. The minimum Gasteiger partial charge on any atom is -0.293 e. The zero-order valence-corrected chi connectivity index (χ0v) is 13.7. The molecule has 2 atom stereocenters. The SMILES string of the molecule is CC(C(=O)c1ccc(Cl)cc1)S(=O)Cc1ccc(Cl)cc1. The third-order valence-electron chi connectivity index (χ3n) is 3.11. The van der Waals surface area contributed by atoms with Crippen molar-refractivity contribution in [1.29, 1.82) is 0 Å². The number of hydrogen-bond acceptors (Lipinski definition) is 2. The molecule has 5 heteroatoms. The van der Waals surface area contributed by atoms with Gasteiger partial charge in [-0.25, -0.2) is 0 Å². The number of carbonyl (C=O) groups is 1. The van der Waals surface area contributed by atoms with Crippen molar-refractivity contribution in [3.63, 3.8) is 0 Å². The Balaban J connectivity index is 2.06. The van der Waals surface area contributed by atoms with E-state index in [9.17, 15) is 9.00 Å². The molecule has 2 aromatic rings. The largest absolute Gasteiger partial charge is 0.293 e. The van der Waals surface area contributed by atoms with Gasteiger partial charge in [-0.2, -0.15) is 0 Å². The van der Waals surface area contributed by atoms with E-state index in [0.29, 0.717) is 21.4 Å². The lowest BCUT2D eigenvalue weighted by Crippen LogP contribution is -2.23. The van der Waals surface area contributed by atoms with Crippen molar-refractivity contribution < 1.29 is 9.00 Å². The molecule has 21 heavy (non-hydrogen) atoms. The average Bonchev–Trinajstić information content (AvgIpc) is 2.49. The summed E-state index contributed by atoms with van der Waals surface area (Å²) in [6.07, 6.45) is 0. The van der Waals surface area contributed by atoms with Crippen molar-refractivity contribution in [3.8, 4) is 0 Å². The van der Waals surface area contributed by atoms with Gasteiger partial charge in [-0.15, -0.1) is 0 Å². The molecule has 0 aliphatic heterocycles. The number of carbonyl (C=O) groups excluding carboxylic acids is 1. The van der Waals surface area contributed by atoms with Gasteiger partial charge in [0, 0.05) is 32.2 Å². The van der Waals surface area contributed by atoms with Crippen LogP contribution in [0.2, 0.25) is 10.0 Å². The molecule has 0 spiro atoms. The van der Waals surface area contributed by atoms with Gasteiger partial charge in [0.25, 0.3) is 0 Å². The molecule has 0 N–H and O–H groups in total. The smallest absolute Gasteiger partial charge is 0.178 e. The first kappa shape index (κ1) is 16.2. The van der Waals surface area contributed by atoms with Crippen molar-refractivity contribution in [1.82, 2.24) is 0 Å². The van der Waals surface area contributed by atoms with Crippen LogP contribution in [0, 0.1) is 0 Å². The van der Waals surface area contributed by atoms with Gasteiger partial charge in [0.1, 0.15) is 0 Å². The van der Waals surface area contributed by atoms with Gasteiger partial charge in [0.15, 0.2) is 5.78 Å². The lowest BCUT2D eigenvalue weighted by atomic mass is 10.1. The standard InChI is InChI=1S/C16H14Cl2O2S/c1-11(16(19)13-4-8-15(18)9-5-13)21(20)10-12-2-6-14(17)7-3-12/h2-9,11H,10H2,1H3. The first-order valence-electron chi connectivity index (χ1n) is 6.39. The van der Waals surface area contributed by atoms with Gasteiger partial charge in [-0.3, -0.25) is 9.00 Å². The molecule has 0 aliphatic carbocycles. The Morgan fingerprint density at radius 1 is 1.00 bits per heavy atom. The Kier molecular flexibility index (Phi) is 5.57. The Morgan fingerprint density at radius 3 is 2.00 bits per heavy atom. The van der Waals surface area contributed by atoms with E-state index >= 15 is 0 Å². The highest BCUT2D eigenvalue weighted by Gasteiger charge is 2.21. The van der Waals surface area contributed by atoms with Crippen molar-refractivity contribution in [2.75, 3.05) is 0 Å². The summed E-state index contributed by atoms with van der Waals surface area (Å²) in [5, 5.41) is 0.637. The van der Waals surface area contributed by atoms with Crippen LogP contribution in [0.3, 0.4) is 0 Å². The quantitative estimate of drug-likeness (QED) is 0.750. The fraction of sp³-hybridized carbons (Fsp3) is 0.188. The Bertz CT molecular complexity index is 651. The lowest BCUT2D eigenvalue weighted by Gasteiger charge is -2.11. The zero-order valence-electron chi connectivity index (χ0n) is 11.4. The van der Waals surface area contributed by atoms with Gasteiger partial charge in [0.2, 0.25) is 0 Å². The highest BCUT2D eigenvalue weighted by atomic mass is 35.5. The molecule has 2 nitrogen and oxygen atoms in total. The Morgan fingerprint density at radius 2 is 1.48 bits per heavy atom. The summed E-state index contributed by atoms with van der Waals surface area (Å²) < 4.78 is 12.3. The van der Waals surface area contributed by atoms with Crippen molar-refractivity contribution in [2.45, 2.75) is 17.9 Å². The molecule has 0 bridgehead atoms. The third-order valence-corrected chi connectivity index (χ3v) is 5.24. The summed E-state index contributed by atoms with van der Waals surface area (Å²) in [5.74, 6) is 0.191. The number of Topliss-reactive ketones (excluding diaryl/α,β-unsaturated/α-hetero) is 1. The second kappa shape index (κ2) is 7.21. The fourth-order valence-electron chi connectivity index (χ4n) is 1.84. The van der Waals surface area contributed by atoms with Crippen LogP contribution in [-0.2, 0) is 16.6 Å². The van der Waals surface area contributed by atoms with E-state index in [4.69, 9.17) is 23.2 Å². The maximum atomic E-state index is 12.3. The Labute approximate surface area is 136 Å². The summed E-state index contributed by atoms with van der Waals surface area (Å²) in [6, 6.07) is 13.8. The van der Waals surface area contributed by atoms with Crippen LogP contribution in [0.1, 0.15) is 22.8 Å². The van der Waals surface area contributed by atoms with Crippen molar-refractivity contribution in [2.24, 2.45) is 0 Å². The van der Waals surface area contributed by atoms with Crippen LogP contribution < -0.4 is 0 Å². The fourth-order valence-corrected chi connectivity index (χ4v) is 3.24. The highest BCUT2D eigenvalue weighted by molar-refractivity contribution is 7.85. The van der Waals surface area contributed by atoms with Crippen LogP contribution in [0.15, 0.2) is 48.5 Å². The summed E-state index contributed by atoms with van der Waals surface area (Å²) >= 11 is 11.6. The third kappa shape index (κ3) is 4.40. The maximum Gasteiger partial charge on any atom is 0.178 e. The van der Waals surface area contributed by atoms with Gasteiger partial charge >= 0.3 is 0 Å². The highest BCUT2D eigenvalue weighted by Crippen LogP contribution is 2.16. The van der Waals surface area contributed by atoms with E-state index < -0.39 is 16.0 Å². The van der Waals surface area contributed by atoms with Crippen LogP contribution in [0.25, 0.3) is 0 Å². The minimum atomic E-state index is -1.28. The number of benzene rings is 2. The minimum absolute atomic E-state index is 0.140. The molecule has 0 fully saturated rings. The summed E-state index contributed by atoms with van der Waals surface area (Å²) in [5.41, 5.74) is 1.42. The van der Waals surface area contributed by atoms with Crippen molar-refractivity contribution in [3.05, 3.63) is 69.7 Å². The summed E-state index contributed by atoms with van der Waals surface area (Å²) in [4.78, 5) is 12.3. The molecule has 0 aromatic heterocycles. The molecule has 2 rings (SSSR count). The monoisotopic (exact) mass is 340 g/mol. The number of ketones is 1. The molecular formula is C16H14Cl2O2S. The van der Waals surface area contributed by atoms with Gasteiger partial charge in [0.05, 0.1) is 5.25 Å². The number of halogens is 2. The number of hydrogen-bond donors (Lipinski definition) is 0. The molecular weight excluding hydrogens is 327 g/mol. The molecule has 0 aliphatic rings. The zero-order chi connectivity index (χ0) is 15.4. The van der Waals surface area contributed by atoms with E-state index in [1.54, 1.807) is 43.3 Å². The normalized spacial score (nSPS) is 13.7. The predicted octanol–water partition coefficient (Wildman–Crippen LogP) is 4.51. The first-order valence-corrected chi connectivity index (χ1v) is 8.52. The van der Waals surface area contributed by atoms with E-state index in [2.05, 4.69) is 0 Å². The molecule has 0 saturated heterocycles. The second-order valence-corrected chi connectivity index (χ2v) is 7.30. The van der Waals surface area contributed by atoms with Gasteiger partial charge < -0.3 is 0 Å². The van der Waals surface area contributed by atoms with Gasteiger partial charge in [-0.05, 0) is 48.9 Å². The lowest BCUT2D eigenvalue weighted by molar-refractivity contribution is 0.0992.